The first-order chi connectivity index (χ1) is 9.97. The van der Waals surface area contributed by atoms with Crippen LogP contribution in [0.5, 0.6) is 0 Å². The zero-order valence-electron chi connectivity index (χ0n) is 11.6. The summed E-state index contributed by atoms with van der Waals surface area (Å²) < 4.78 is 22.3. The predicted octanol–water partition coefficient (Wildman–Crippen LogP) is 3.31. The zero-order valence-corrected chi connectivity index (χ0v) is 14.1. The first kappa shape index (κ1) is 16.5. The zero-order chi connectivity index (χ0) is 15.4. The van der Waals surface area contributed by atoms with E-state index in [2.05, 4.69) is 15.9 Å². The van der Waals surface area contributed by atoms with E-state index in [4.69, 9.17) is 0 Å². The van der Waals surface area contributed by atoms with Crippen molar-refractivity contribution < 1.29 is 18.3 Å². The summed E-state index contributed by atoms with van der Waals surface area (Å²) in [5, 5.41) is 9.48. The van der Waals surface area contributed by atoms with Gasteiger partial charge in [-0.15, -0.1) is 0 Å². The van der Waals surface area contributed by atoms with E-state index in [-0.39, 0.29) is 5.75 Å². The van der Waals surface area contributed by atoms with Crippen LogP contribution in [0.1, 0.15) is 49.1 Å². The summed E-state index contributed by atoms with van der Waals surface area (Å²) in [6.45, 7) is 0. The van der Waals surface area contributed by atoms with Crippen molar-refractivity contribution in [3.8, 4) is 0 Å². The molecular formula is C15H19BrO4S. The maximum absolute atomic E-state index is 11.5. The number of hydrogen-bond donors (Lipinski definition) is 2. The van der Waals surface area contributed by atoms with Gasteiger partial charge in [0, 0.05) is 4.47 Å². The van der Waals surface area contributed by atoms with Crippen LogP contribution in [0.2, 0.25) is 0 Å². The number of aliphatic carboxylic acids is 1. The molecule has 1 saturated carbocycles. The van der Waals surface area contributed by atoms with E-state index >= 15 is 0 Å². The third-order valence-electron chi connectivity index (χ3n) is 4.12. The highest BCUT2D eigenvalue weighted by Crippen LogP contribution is 2.35. The molecule has 0 saturated heterocycles. The van der Waals surface area contributed by atoms with Gasteiger partial charge in [-0.05, 0) is 29.5 Å². The summed E-state index contributed by atoms with van der Waals surface area (Å²) in [6, 6.07) is 5.20. The average Bonchev–Trinajstić information content (AvgIpc) is 2.90. The van der Waals surface area contributed by atoms with Gasteiger partial charge in [0.1, 0.15) is 10.7 Å². The molecule has 6 heteroatoms. The van der Waals surface area contributed by atoms with E-state index in [0.29, 0.717) is 22.4 Å². The van der Waals surface area contributed by atoms with Gasteiger partial charge in [0.25, 0.3) is 0 Å². The molecule has 0 heterocycles. The van der Waals surface area contributed by atoms with Gasteiger partial charge in [-0.3, -0.25) is 4.79 Å². The maximum atomic E-state index is 11.5. The van der Waals surface area contributed by atoms with E-state index in [1.165, 1.54) is 12.8 Å². The van der Waals surface area contributed by atoms with Gasteiger partial charge in [0.05, 0.1) is 11.7 Å². The van der Waals surface area contributed by atoms with Crippen LogP contribution in [-0.4, -0.2) is 19.5 Å². The molecule has 1 aliphatic carbocycles. The van der Waals surface area contributed by atoms with Gasteiger partial charge in [-0.25, -0.2) is 8.42 Å². The number of carboxylic acid groups (broad SMARTS) is 1. The molecule has 1 N–H and O–H groups in total. The van der Waals surface area contributed by atoms with Crippen LogP contribution in [0, 0.1) is 5.92 Å². The Hall–Kier alpha value is -0.880. The van der Waals surface area contributed by atoms with Crippen molar-refractivity contribution in [2.75, 3.05) is 0 Å². The topological polar surface area (TPSA) is 71.4 Å². The van der Waals surface area contributed by atoms with Gasteiger partial charge >= 0.3 is 5.97 Å². The van der Waals surface area contributed by atoms with Crippen molar-refractivity contribution in [1.29, 1.82) is 0 Å². The minimum atomic E-state index is -2.49. The third kappa shape index (κ3) is 4.54. The number of benzene rings is 1. The molecule has 0 radical (unpaired) electrons. The smallest absolute Gasteiger partial charge is 0.310 e. The van der Waals surface area contributed by atoms with Crippen molar-refractivity contribution in [1.82, 2.24) is 0 Å². The van der Waals surface area contributed by atoms with Gasteiger partial charge in [-0.1, -0.05) is 53.7 Å². The second kappa shape index (κ2) is 7.40. The van der Waals surface area contributed by atoms with E-state index in [9.17, 15) is 18.3 Å². The Labute approximate surface area is 134 Å². The molecule has 0 spiro atoms. The lowest BCUT2D eigenvalue weighted by Gasteiger charge is -2.18. The Morgan fingerprint density at radius 2 is 2.00 bits per heavy atom. The summed E-state index contributed by atoms with van der Waals surface area (Å²) in [5.41, 5.74) is 1.41. The molecule has 0 amide bonds. The molecule has 2 rings (SSSR count). The van der Waals surface area contributed by atoms with Crippen LogP contribution in [0.15, 0.2) is 22.7 Å². The molecule has 0 aromatic heterocycles. The summed E-state index contributed by atoms with van der Waals surface area (Å²) >= 11 is 3.35. The number of carbonyl (C=O) groups is 1. The molecule has 116 valence electrons. The van der Waals surface area contributed by atoms with Crippen molar-refractivity contribution in [3.63, 3.8) is 0 Å². The third-order valence-corrected chi connectivity index (χ3v) is 5.46. The largest absolute Gasteiger partial charge is 0.481 e. The van der Waals surface area contributed by atoms with Crippen molar-refractivity contribution in [3.05, 3.63) is 33.8 Å². The number of hydrogen-bond acceptors (Lipinski definition) is 3. The second-order valence-electron chi connectivity index (χ2n) is 5.62. The summed E-state index contributed by atoms with van der Waals surface area (Å²) in [5.74, 6) is -0.868. The highest BCUT2D eigenvalue weighted by Gasteiger charge is 2.26. The first-order valence-corrected chi connectivity index (χ1v) is 9.26. The summed E-state index contributed by atoms with van der Waals surface area (Å²) in [4.78, 5) is 11.5. The van der Waals surface area contributed by atoms with Crippen LogP contribution in [0.4, 0.5) is 0 Å². The monoisotopic (exact) mass is 374 g/mol. The fourth-order valence-electron chi connectivity index (χ4n) is 3.01. The highest BCUT2D eigenvalue weighted by atomic mass is 79.9. The average molecular weight is 375 g/mol. The van der Waals surface area contributed by atoms with Crippen LogP contribution in [0.3, 0.4) is 0 Å². The lowest BCUT2D eigenvalue weighted by molar-refractivity contribution is -0.139. The Kier molecular flexibility index (Phi) is 5.81. The van der Waals surface area contributed by atoms with Crippen LogP contribution < -0.4 is 0 Å². The summed E-state index contributed by atoms with van der Waals surface area (Å²) in [7, 11) is -2.49. The lowest BCUT2D eigenvalue weighted by atomic mass is 9.87. The molecule has 0 bridgehead atoms. The molecule has 21 heavy (non-hydrogen) atoms. The van der Waals surface area contributed by atoms with Crippen LogP contribution in [-0.2, 0) is 21.3 Å². The van der Waals surface area contributed by atoms with Crippen molar-refractivity contribution >= 4 is 32.6 Å². The van der Waals surface area contributed by atoms with Gasteiger partial charge < -0.3 is 5.11 Å². The highest BCUT2D eigenvalue weighted by molar-refractivity contribution is 9.10. The van der Waals surface area contributed by atoms with Crippen molar-refractivity contribution in [2.45, 2.75) is 43.8 Å². The molecule has 1 unspecified atom stereocenters. The number of rotatable bonds is 6. The Balaban J connectivity index is 2.19. The van der Waals surface area contributed by atoms with Gasteiger partial charge in [-0.2, -0.15) is 0 Å². The van der Waals surface area contributed by atoms with E-state index in [0.717, 1.165) is 18.4 Å². The molecule has 4 nitrogen and oxygen atoms in total. The van der Waals surface area contributed by atoms with E-state index < -0.39 is 22.6 Å². The quantitative estimate of drug-likeness (QED) is 0.749. The molecule has 1 aliphatic rings. The first-order valence-electron chi connectivity index (χ1n) is 7.10. The fourth-order valence-corrected chi connectivity index (χ4v) is 4.31. The fraction of sp³-hybridized carbons (Fsp3) is 0.533. The molecule has 1 fully saturated rings. The Morgan fingerprint density at radius 1 is 1.33 bits per heavy atom. The van der Waals surface area contributed by atoms with E-state index in [1.807, 2.05) is 0 Å². The molecule has 1 aromatic carbocycles. The van der Waals surface area contributed by atoms with Crippen molar-refractivity contribution in [2.24, 2.45) is 5.92 Å². The predicted molar refractivity (Wildman–Crippen MR) is 85.1 cm³/mol. The number of halogens is 1. The minimum absolute atomic E-state index is 0.0312. The van der Waals surface area contributed by atoms with Crippen LogP contribution in [0.25, 0.3) is 0 Å². The second-order valence-corrected chi connectivity index (χ2v) is 7.45. The Morgan fingerprint density at radius 3 is 2.52 bits per heavy atom. The standard InChI is InChI=1S/C15H19BrO4S/c16-14-8-11(5-6-12(14)9-21(19)20)13(15(17)18)7-10-3-1-2-4-10/h5-6,8,10,13,21H,1-4,7,9H2,(H,17,18). The molecule has 1 aromatic rings. The number of carboxylic acids is 1. The molecule has 0 aliphatic heterocycles. The maximum Gasteiger partial charge on any atom is 0.310 e. The number of thiol groups is 1. The Bertz CT molecular complexity index is 583. The van der Waals surface area contributed by atoms with Gasteiger partial charge in [0.2, 0.25) is 0 Å². The SMILES string of the molecule is O=C(O)C(CC1CCCC1)c1ccc(C[SH](=O)=O)c(Br)c1. The molecule has 1 atom stereocenters. The minimum Gasteiger partial charge on any atom is -0.481 e. The molecular weight excluding hydrogens is 356 g/mol. The lowest BCUT2D eigenvalue weighted by Crippen LogP contribution is -2.15. The van der Waals surface area contributed by atoms with Gasteiger partial charge in [0.15, 0.2) is 0 Å². The van der Waals surface area contributed by atoms with E-state index in [1.54, 1.807) is 18.2 Å². The summed E-state index contributed by atoms with van der Waals surface area (Å²) in [6.07, 6.45) is 5.27. The normalized spacial score (nSPS) is 17.2. The van der Waals surface area contributed by atoms with Crippen LogP contribution >= 0.6 is 15.9 Å².